The molecule has 1 aromatic rings. The maximum Gasteiger partial charge on any atom is 0.319 e. The highest BCUT2D eigenvalue weighted by atomic mass is 16.3. The minimum absolute atomic E-state index is 0.227. The van der Waals surface area contributed by atoms with E-state index in [1.807, 2.05) is 12.1 Å². The molecule has 2 atom stereocenters. The van der Waals surface area contributed by atoms with Crippen molar-refractivity contribution >= 4 is 11.7 Å². The maximum atomic E-state index is 11.8. The van der Waals surface area contributed by atoms with Gasteiger partial charge in [-0.2, -0.15) is 0 Å². The van der Waals surface area contributed by atoms with Crippen LogP contribution in [0, 0.1) is 0 Å². The number of aliphatic hydroxyl groups excluding tert-OH is 1. The molecule has 2 unspecified atom stereocenters. The summed E-state index contributed by atoms with van der Waals surface area (Å²) in [6, 6.07) is 7.50. The van der Waals surface area contributed by atoms with E-state index in [1.54, 1.807) is 19.1 Å². The monoisotopic (exact) mass is 293 g/mol. The van der Waals surface area contributed by atoms with Crippen molar-refractivity contribution in [3.05, 3.63) is 29.8 Å². The lowest BCUT2D eigenvalue weighted by Gasteiger charge is -2.23. The van der Waals surface area contributed by atoms with E-state index in [1.165, 1.54) is 0 Å². The summed E-state index contributed by atoms with van der Waals surface area (Å²) in [5.41, 5.74) is 1.46. The minimum Gasteiger partial charge on any atom is -0.389 e. The molecular formula is C16H27N3O2. The Hall–Kier alpha value is -1.59. The van der Waals surface area contributed by atoms with Crippen LogP contribution in [-0.2, 0) is 0 Å². The second-order valence-corrected chi connectivity index (χ2v) is 5.42. The molecule has 0 heterocycles. The molecule has 5 nitrogen and oxygen atoms in total. The number of amides is 2. The zero-order chi connectivity index (χ0) is 15.8. The van der Waals surface area contributed by atoms with Gasteiger partial charge < -0.3 is 20.6 Å². The Labute approximate surface area is 127 Å². The van der Waals surface area contributed by atoms with Gasteiger partial charge in [0, 0.05) is 24.8 Å². The second-order valence-electron chi connectivity index (χ2n) is 5.42. The SMILES string of the molecule is CCC(C)N(C)CCNC(=O)Nc1cccc(C(C)O)c1. The molecule has 0 radical (unpaired) electrons. The van der Waals surface area contributed by atoms with Crippen LogP contribution < -0.4 is 10.6 Å². The number of hydrogen-bond donors (Lipinski definition) is 3. The van der Waals surface area contributed by atoms with E-state index in [0.717, 1.165) is 18.5 Å². The Balaban J connectivity index is 2.39. The average molecular weight is 293 g/mol. The van der Waals surface area contributed by atoms with Crippen LogP contribution in [0.4, 0.5) is 10.5 Å². The number of rotatable bonds is 7. The maximum absolute atomic E-state index is 11.8. The molecule has 1 rings (SSSR count). The van der Waals surface area contributed by atoms with Crippen LogP contribution in [0.15, 0.2) is 24.3 Å². The summed E-state index contributed by atoms with van der Waals surface area (Å²) in [5, 5.41) is 15.1. The smallest absolute Gasteiger partial charge is 0.319 e. The van der Waals surface area contributed by atoms with Gasteiger partial charge in [0.25, 0.3) is 0 Å². The van der Waals surface area contributed by atoms with Crippen molar-refractivity contribution in [2.75, 3.05) is 25.5 Å². The van der Waals surface area contributed by atoms with E-state index in [4.69, 9.17) is 0 Å². The molecule has 0 saturated carbocycles. The van der Waals surface area contributed by atoms with Gasteiger partial charge in [-0.3, -0.25) is 0 Å². The molecule has 0 aliphatic heterocycles. The minimum atomic E-state index is -0.543. The highest BCUT2D eigenvalue weighted by Gasteiger charge is 2.08. The van der Waals surface area contributed by atoms with Crippen molar-refractivity contribution in [3.8, 4) is 0 Å². The van der Waals surface area contributed by atoms with Gasteiger partial charge in [0.2, 0.25) is 0 Å². The van der Waals surface area contributed by atoms with Gasteiger partial charge in [-0.25, -0.2) is 4.79 Å². The molecule has 3 N–H and O–H groups in total. The van der Waals surface area contributed by atoms with Crippen LogP contribution in [0.25, 0.3) is 0 Å². The molecular weight excluding hydrogens is 266 g/mol. The van der Waals surface area contributed by atoms with E-state index >= 15 is 0 Å². The standard InChI is InChI=1S/C16H27N3O2/c1-5-12(2)19(4)10-9-17-16(21)18-15-8-6-7-14(11-15)13(3)20/h6-8,11-13,20H,5,9-10H2,1-4H3,(H2,17,18,21). The third-order valence-corrected chi connectivity index (χ3v) is 3.72. The molecule has 0 spiro atoms. The summed E-state index contributed by atoms with van der Waals surface area (Å²) in [5.74, 6) is 0. The van der Waals surface area contributed by atoms with Crippen molar-refractivity contribution in [3.63, 3.8) is 0 Å². The topological polar surface area (TPSA) is 64.6 Å². The lowest BCUT2D eigenvalue weighted by atomic mass is 10.1. The zero-order valence-electron chi connectivity index (χ0n) is 13.4. The Bertz CT molecular complexity index is 449. The molecule has 0 fully saturated rings. The number of benzene rings is 1. The highest BCUT2D eigenvalue weighted by molar-refractivity contribution is 5.89. The first-order valence-corrected chi connectivity index (χ1v) is 7.47. The van der Waals surface area contributed by atoms with Crippen LogP contribution in [0.5, 0.6) is 0 Å². The fourth-order valence-corrected chi connectivity index (χ4v) is 1.93. The highest BCUT2D eigenvalue weighted by Crippen LogP contribution is 2.16. The number of hydrogen-bond acceptors (Lipinski definition) is 3. The summed E-state index contributed by atoms with van der Waals surface area (Å²) >= 11 is 0. The first-order chi connectivity index (χ1) is 9.93. The Morgan fingerprint density at radius 2 is 2.10 bits per heavy atom. The lowest BCUT2D eigenvalue weighted by Crippen LogP contribution is -2.38. The lowest BCUT2D eigenvalue weighted by molar-refractivity contribution is 0.199. The quantitative estimate of drug-likeness (QED) is 0.724. The predicted molar refractivity (Wildman–Crippen MR) is 86.5 cm³/mol. The Morgan fingerprint density at radius 3 is 2.71 bits per heavy atom. The van der Waals surface area contributed by atoms with Crippen LogP contribution >= 0.6 is 0 Å². The normalized spacial score (nSPS) is 13.8. The van der Waals surface area contributed by atoms with Gasteiger partial charge in [-0.1, -0.05) is 19.1 Å². The number of nitrogens with zero attached hydrogens (tertiary/aromatic N) is 1. The molecule has 0 aromatic heterocycles. The molecule has 2 amide bonds. The Morgan fingerprint density at radius 1 is 1.38 bits per heavy atom. The first kappa shape index (κ1) is 17.5. The third-order valence-electron chi connectivity index (χ3n) is 3.72. The van der Waals surface area contributed by atoms with Crippen LogP contribution in [0.1, 0.15) is 38.9 Å². The molecule has 1 aromatic carbocycles. The largest absolute Gasteiger partial charge is 0.389 e. The van der Waals surface area contributed by atoms with E-state index in [2.05, 4.69) is 36.4 Å². The number of nitrogens with one attached hydrogen (secondary N) is 2. The number of anilines is 1. The molecule has 118 valence electrons. The van der Waals surface area contributed by atoms with Gasteiger partial charge >= 0.3 is 6.03 Å². The summed E-state index contributed by atoms with van der Waals surface area (Å²) in [4.78, 5) is 14.0. The number of likely N-dealkylation sites (N-methyl/N-ethyl adjacent to an activating group) is 1. The molecule has 0 bridgehead atoms. The summed E-state index contributed by atoms with van der Waals surface area (Å²) in [7, 11) is 2.06. The number of aliphatic hydroxyl groups is 1. The van der Waals surface area contributed by atoms with Crippen LogP contribution in [-0.4, -0.2) is 42.2 Å². The third kappa shape index (κ3) is 6.14. The van der Waals surface area contributed by atoms with E-state index in [0.29, 0.717) is 18.3 Å². The van der Waals surface area contributed by atoms with Gasteiger partial charge in [0.05, 0.1) is 6.10 Å². The van der Waals surface area contributed by atoms with Gasteiger partial charge in [0.15, 0.2) is 0 Å². The molecule has 0 aliphatic carbocycles. The van der Waals surface area contributed by atoms with Gasteiger partial charge in [-0.05, 0) is 45.0 Å². The second kappa shape index (κ2) is 8.64. The molecule has 0 aliphatic rings. The van der Waals surface area contributed by atoms with Crippen molar-refractivity contribution in [2.24, 2.45) is 0 Å². The molecule has 21 heavy (non-hydrogen) atoms. The van der Waals surface area contributed by atoms with Crippen LogP contribution in [0.3, 0.4) is 0 Å². The average Bonchev–Trinajstić information content (AvgIpc) is 2.46. The fraction of sp³-hybridized carbons (Fsp3) is 0.562. The van der Waals surface area contributed by atoms with Crippen molar-refractivity contribution < 1.29 is 9.90 Å². The van der Waals surface area contributed by atoms with E-state index in [-0.39, 0.29) is 6.03 Å². The number of urea groups is 1. The van der Waals surface area contributed by atoms with Crippen molar-refractivity contribution in [2.45, 2.75) is 39.3 Å². The van der Waals surface area contributed by atoms with Gasteiger partial charge in [-0.15, -0.1) is 0 Å². The fourth-order valence-electron chi connectivity index (χ4n) is 1.93. The van der Waals surface area contributed by atoms with Gasteiger partial charge in [0.1, 0.15) is 0 Å². The first-order valence-electron chi connectivity index (χ1n) is 7.47. The summed E-state index contributed by atoms with van der Waals surface area (Å²) in [6.07, 6.45) is 0.549. The number of carbonyl (C=O) groups excluding carboxylic acids is 1. The van der Waals surface area contributed by atoms with Crippen molar-refractivity contribution in [1.82, 2.24) is 10.2 Å². The predicted octanol–water partition coefficient (Wildman–Crippen LogP) is 2.59. The van der Waals surface area contributed by atoms with Crippen LogP contribution in [0.2, 0.25) is 0 Å². The van der Waals surface area contributed by atoms with E-state index in [9.17, 15) is 9.90 Å². The Kier molecular flexibility index (Phi) is 7.19. The molecule has 0 saturated heterocycles. The van der Waals surface area contributed by atoms with E-state index < -0.39 is 6.10 Å². The summed E-state index contributed by atoms with van der Waals surface area (Å²) in [6.45, 7) is 7.43. The van der Waals surface area contributed by atoms with Crippen molar-refractivity contribution in [1.29, 1.82) is 0 Å². The number of carbonyl (C=O) groups is 1. The zero-order valence-corrected chi connectivity index (χ0v) is 13.4. The summed E-state index contributed by atoms with van der Waals surface area (Å²) < 4.78 is 0. The molecule has 5 heteroatoms.